The number of rotatable bonds is 8. The minimum atomic E-state index is -0.358. The summed E-state index contributed by atoms with van der Waals surface area (Å²) >= 11 is 0. The number of fused-ring (bicyclic) bond motifs is 1. The van der Waals surface area contributed by atoms with Gasteiger partial charge in [0.1, 0.15) is 23.9 Å². The lowest BCUT2D eigenvalue weighted by atomic mass is 10.0. The van der Waals surface area contributed by atoms with Crippen molar-refractivity contribution in [1.29, 1.82) is 0 Å². The zero-order chi connectivity index (χ0) is 24.0. The minimum Gasteiger partial charge on any atom is -0.492 e. The predicted octanol–water partition coefficient (Wildman–Crippen LogP) is 2.73. The Kier molecular flexibility index (Phi) is 6.82. The fourth-order valence-corrected chi connectivity index (χ4v) is 3.85. The Hall–Kier alpha value is -4.02. The number of ether oxygens (including phenoxy) is 3. The number of aromatic nitrogens is 3. The third-order valence-corrected chi connectivity index (χ3v) is 5.69. The minimum absolute atomic E-state index is 0.358. The van der Waals surface area contributed by atoms with Crippen LogP contribution in [0.25, 0.3) is 17.5 Å². The average Bonchev–Trinajstić information content (AvgIpc) is 2.90. The van der Waals surface area contributed by atoms with Gasteiger partial charge < -0.3 is 19.5 Å². The third kappa shape index (κ3) is 5.39. The summed E-state index contributed by atoms with van der Waals surface area (Å²) in [4.78, 5) is 28.1. The molecular formula is C25H25N6O4. The van der Waals surface area contributed by atoms with Gasteiger partial charge in [0.25, 0.3) is 5.91 Å². The van der Waals surface area contributed by atoms with Crippen molar-refractivity contribution < 1.29 is 19.0 Å². The van der Waals surface area contributed by atoms with Gasteiger partial charge in [0.2, 0.25) is 5.88 Å². The molecule has 1 saturated heterocycles. The van der Waals surface area contributed by atoms with Crippen LogP contribution < -0.4 is 20.1 Å². The van der Waals surface area contributed by atoms with Gasteiger partial charge in [-0.05, 0) is 42.0 Å². The highest BCUT2D eigenvalue weighted by Crippen LogP contribution is 2.30. The van der Waals surface area contributed by atoms with Gasteiger partial charge in [0.05, 0.1) is 44.0 Å². The maximum atomic E-state index is 12.6. The van der Waals surface area contributed by atoms with E-state index in [0.29, 0.717) is 40.8 Å². The quantitative estimate of drug-likeness (QED) is 0.528. The molecule has 10 heteroatoms. The molecule has 35 heavy (non-hydrogen) atoms. The first-order chi connectivity index (χ1) is 17.2. The number of hydrogen-bond donors (Lipinski definition) is 1. The SMILES string of the molecule is COc1cncc(-c2cc3c(c(Nc4ccc(OCCN5CCOCC5)cc4)n2)C(=O)[N]C=C3)n1. The normalized spacial score (nSPS) is 15.3. The van der Waals surface area contributed by atoms with Gasteiger partial charge in [0, 0.05) is 31.5 Å². The van der Waals surface area contributed by atoms with Gasteiger partial charge in [-0.25, -0.2) is 15.3 Å². The van der Waals surface area contributed by atoms with E-state index >= 15 is 0 Å². The summed E-state index contributed by atoms with van der Waals surface area (Å²) in [5.41, 5.74) is 2.95. The maximum Gasteiger partial charge on any atom is 0.281 e. The molecule has 2 aliphatic rings. The van der Waals surface area contributed by atoms with Crippen molar-refractivity contribution in [3.63, 3.8) is 0 Å². The van der Waals surface area contributed by atoms with Crippen LogP contribution in [0, 0.1) is 0 Å². The molecule has 0 saturated carbocycles. The molecule has 179 valence electrons. The van der Waals surface area contributed by atoms with Crippen LogP contribution in [-0.4, -0.2) is 72.3 Å². The van der Waals surface area contributed by atoms with Crippen LogP contribution in [0.2, 0.25) is 0 Å². The Morgan fingerprint density at radius 1 is 1.09 bits per heavy atom. The van der Waals surface area contributed by atoms with E-state index in [1.54, 1.807) is 18.3 Å². The molecular weight excluding hydrogens is 448 g/mol. The van der Waals surface area contributed by atoms with E-state index in [9.17, 15) is 4.79 Å². The molecule has 0 atom stereocenters. The Balaban J connectivity index is 1.34. The fraction of sp³-hybridized carbons (Fsp3) is 0.280. The fourth-order valence-electron chi connectivity index (χ4n) is 3.85. The second kappa shape index (κ2) is 10.5. The molecule has 0 spiro atoms. The largest absolute Gasteiger partial charge is 0.492 e. The number of morpholine rings is 1. The predicted molar refractivity (Wildman–Crippen MR) is 130 cm³/mol. The second-order valence-corrected chi connectivity index (χ2v) is 7.97. The van der Waals surface area contributed by atoms with Gasteiger partial charge in [-0.2, -0.15) is 0 Å². The number of methoxy groups -OCH3 is 1. The molecule has 3 aromatic rings. The Morgan fingerprint density at radius 3 is 2.71 bits per heavy atom. The highest BCUT2D eigenvalue weighted by Gasteiger charge is 2.23. The summed E-state index contributed by atoms with van der Waals surface area (Å²) in [5, 5.41) is 7.16. The standard InChI is InChI=1S/C25H25N6O4/c1-33-22-16-26-15-21(29-22)20-14-17-6-7-27-25(32)23(17)24(30-20)28-18-2-4-19(5-3-18)35-13-10-31-8-11-34-12-9-31/h2-7,14-16H,8-13H2,1H3,(H,28,30). The molecule has 2 aromatic heterocycles. The molecule has 0 aliphatic carbocycles. The first kappa shape index (κ1) is 22.8. The van der Waals surface area contributed by atoms with E-state index in [1.807, 2.05) is 24.3 Å². The number of benzene rings is 1. The number of carbonyl (C=O) groups is 1. The van der Waals surface area contributed by atoms with Crippen LogP contribution in [0.1, 0.15) is 15.9 Å². The van der Waals surface area contributed by atoms with Crippen molar-refractivity contribution in [3.8, 4) is 23.0 Å². The Morgan fingerprint density at radius 2 is 1.91 bits per heavy atom. The number of carbonyl (C=O) groups excluding carboxylic acids is 1. The van der Waals surface area contributed by atoms with Crippen LogP contribution in [0.3, 0.4) is 0 Å². The summed E-state index contributed by atoms with van der Waals surface area (Å²) in [6, 6.07) is 9.33. The lowest BCUT2D eigenvalue weighted by Gasteiger charge is -2.26. The lowest BCUT2D eigenvalue weighted by molar-refractivity contribution is 0.0322. The molecule has 0 unspecified atom stereocenters. The van der Waals surface area contributed by atoms with Crippen molar-refractivity contribution in [1.82, 2.24) is 25.2 Å². The zero-order valence-electron chi connectivity index (χ0n) is 19.3. The van der Waals surface area contributed by atoms with Crippen LogP contribution >= 0.6 is 0 Å². The molecule has 10 nitrogen and oxygen atoms in total. The van der Waals surface area contributed by atoms with Gasteiger partial charge >= 0.3 is 0 Å². The molecule has 4 heterocycles. The van der Waals surface area contributed by atoms with Crippen LogP contribution in [0.4, 0.5) is 11.5 Å². The summed E-state index contributed by atoms with van der Waals surface area (Å²) in [6.45, 7) is 4.88. The second-order valence-electron chi connectivity index (χ2n) is 7.97. The molecule has 1 amide bonds. The summed E-state index contributed by atoms with van der Waals surface area (Å²) in [5.74, 6) is 1.18. The zero-order valence-corrected chi connectivity index (χ0v) is 19.3. The van der Waals surface area contributed by atoms with Crippen LogP contribution in [0.15, 0.2) is 48.9 Å². The van der Waals surface area contributed by atoms with E-state index in [1.165, 1.54) is 19.5 Å². The van der Waals surface area contributed by atoms with Crippen molar-refractivity contribution in [2.24, 2.45) is 0 Å². The molecule has 1 fully saturated rings. The van der Waals surface area contributed by atoms with Gasteiger partial charge in [-0.15, -0.1) is 0 Å². The Labute approximate surface area is 203 Å². The van der Waals surface area contributed by atoms with Crippen molar-refractivity contribution in [2.75, 3.05) is 51.9 Å². The summed E-state index contributed by atoms with van der Waals surface area (Å²) in [7, 11) is 1.53. The van der Waals surface area contributed by atoms with E-state index < -0.39 is 0 Å². The molecule has 1 radical (unpaired) electrons. The molecule has 0 bridgehead atoms. The summed E-state index contributed by atoms with van der Waals surface area (Å²) in [6.07, 6.45) is 6.38. The van der Waals surface area contributed by atoms with Gasteiger partial charge in [-0.3, -0.25) is 14.7 Å². The van der Waals surface area contributed by atoms with Crippen molar-refractivity contribution in [2.45, 2.75) is 0 Å². The maximum absolute atomic E-state index is 12.6. The topological polar surface area (TPSA) is 113 Å². The Bertz CT molecular complexity index is 1230. The number of hydrogen-bond acceptors (Lipinski definition) is 9. The molecule has 5 rings (SSSR count). The monoisotopic (exact) mass is 473 g/mol. The smallest absolute Gasteiger partial charge is 0.281 e. The van der Waals surface area contributed by atoms with E-state index in [2.05, 4.69) is 30.5 Å². The number of pyridine rings is 1. The number of nitrogens with one attached hydrogen (secondary N) is 1. The van der Waals surface area contributed by atoms with E-state index in [0.717, 1.165) is 44.3 Å². The molecule has 1 aromatic carbocycles. The number of amides is 1. The molecule has 2 aliphatic heterocycles. The van der Waals surface area contributed by atoms with Crippen LogP contribution in [-0.2, 0) is 4.74 Å². The van der Waals surface area contributed by atoms with Crippen molar-refractivity contribution in [3.05, 3.63) is 60.1 Å². The van der Waals surface area contributed by atoms with Crippen LogP contribution in [0.5, 0.6) is 11.6 Å². The van der Waals surface area contributed by atoms with Crippen molar-refractivity contribution >= 4 is 23.5 Å². The highest BCUT2D eigenvalue weighted by molar-refractivity contribution is 6.05. The number of nitrogens with zero attached hydrogens (tertiary/aromatic N) is 5. The lowest BCUT2D eigenvalue weighted by Crippen LogP contribution is -2.38. The summed E-state index contributed by atoms with van der Waals surface area (Å²) < 4.78 is 16.4. The van der Waals surface area contributed by atoms with E-state index in [4.69, 9.17) is 14.2 Å². The van der Waals surface area contributed by atoms with Gasteiger partial charge in [0.15, 0.2) is 0 Å². The molecule has 1 N–H and O–H groups in total. The third-order valence-electron chi connectivity index (χ3n) is 5.69. The average molecular weight is 474 g/mol. The highest BCUT2D eigenvalue weighted by atomic mass is 16.5. The first-order valence-electron chi connectivity index (χ1n) is 11.3. The first-order valence-corrected chi connectivity index (χ1v) is 11.3. The van der Waals surface area contributed by atoms with E-state index in [-0.39, 0.29) is 5.91 Å². The number of anilines is 2. The van der Waals surface area contributed by atoms with Gasteiger partial charge in [-0.1, -0.05) is 0 Å².